The van der Waals surface area contributed by atoms with Gasteiger partial charge in [0.25, 0.3) is 11.8 Å². The van der Waals surface area contributed by atoms with E-state index in [1.165, 1.54) is 0 Å². The highest BCUT2D eigenvalue weighted by Crippen LogP contribution is 2.42. The number of hydrogen-bond acceptors (Lipinski definition) is 3. The molecule has 2 heterocycles. The van der Waals surface area contributed by atoms with Crippen LogP contribution in [0.25, 0.3) is 10.9 Å². The number of aliphatic hydroxyl groups is 1. The number of nitrogens with zero attached hydrogens (tertiary/aromatic N) is 1. The number of fused-ring (bicyclic) bond motifs is 1. The van der Waals surface area contributed by atoms with E-state index in [1.807, 2.05) is 16.7 Å². The van der Waals surface area contributed by atoms with Crippen LogP contribution in [-0.2, 0) is 4.74 Å². The zero-order chi connectivity index (χ0) is 20.1. The number of carbonyl (C=O) groups excluding carboxylic acids is 1. The average Bonchev–Trinajstić information content (AvgIpc) is 2.90. The standard InChI is InChI=1S/C20H23ClF2N2O3/c1-12-5-19(27,10-20(22,23)6-12)11-24-18(26)14-7-25(13-8-28-9-13)16-4-2-3-15(21)17(14)16/h2-4,7,12-13,27H,5-6,8-11H2,1H3,(H,24,26). The molecule has 1 saturated heterocycles. The lowest BCUT2D eigenvalue weighted by Crippen LogP contribution is -2.51. The highest BCUT2D eigenvalue weighted by Gasteiger charge is 2.47. The van der Waals surface area contributed by atoms with E-state index in [-0.39, 0.29) is 31.3 Å². The summed E-state index contributed by atoms with van der Waals surface area (Å²) in [4.78, 5) is 12.9. The second-order valence-electron chi connectivity index (χ2n) is 8.23. The van der Waals surface area contributed by atoms with Gasteiger partial charge >= 0.3 is 0 Å². The number of alkyl halides is 2. The SMILES string of the molecule is CC1CC(F)(F)CC(O)(CNC(=O)c2cn(C3COC3)c3cccc(Cl)c23)C1. The molecule has 0 bridgehead atoms. The Kier molecular flexibility index (Phi) is 4.88. The van der Waals surface area contributed by atoms with Gasteiger partial charge in [-0.1, -0.05) is 24.6 Å². The third-order valence-electron chi connectivity index (χ3n) is 5.61. The number of aromatic nitrogens is 1. The lowest BCUT2D eigenvalue weighted by molar-refractivity contribution is -0.137. The molecule has 1 aromatic heterocycles. The van der Waals surface area contributed by atoms with E-state index in [4.69, 9.17) is 16.3 Å². The Labute approximate surface area is 166 Å². The molecule has 1 aliphatic carbocycles. The van der Waals surface area contributed by atoms with Crippen LogP contribution >= 0.6 is 11.6 Å². The zero-order valence-electron chi connectivity index (χ0n) is 15.6. The molecule has 1 aliphatic heterocycles. The number of halogens is 3. The largest absolute Gasteiger partial charge is 0.388 e. The minimum atomic E-state index is -2.93. The highest BCUT2D eigenvalue weighted by molar-refractivity contribution is 6.36. The molecule has 2 aliphatic rings. The second-order valence-corrected chi connectivity index (χ2v) is 8.64. The molecule has 2 unspecified atom stereocenters. The molecule has 152 valence electrons. The highest BCUT2D eigenvalue weighted by atomic mass is 35.5. The lowest BCUT2D eigenvalue weighted by Gasteiger charge is -2.39. The second kappa shape index (κ2) is 6.97. The van der Waals surface area contributed by atoms with Gasteiger partial charge in [0, 0.05) is 31.0 Å². The molecule has 1 amide bonds. The Hall–Kier alpha value is -1.70. The van der Waals surface area contributed by atoms with Crippen molar-refractivity contribution in [1.82, 2.24) is 9.88 Å². The van der Waals surface area contributed by atoms with Crippen LogP contribution in [-0.4, -0.2) is 46.9 Å². The number of rotatable bonds is 4. The Morgan fingerprint density at radius 1 is 1.39 bits per heavy atom. The summed E-state index contributed by atoms with van der Waals surface area (Å²) >= 11 is 6.35. The Morgan fingerprint density at radius 3 is 2.79 bits per heavy atom. The summed E-state index contributed by atoms with van der Waals surface area (Å²) in [6, 6.07) is 5.53. The van der Waals surface area contributed by atoms with Crippen molar-refractivity contribution >= 4 is 28.4 Å². The summed E-state index contributed by atoms with van der Waals surface area (Å²) in [6.07, 6.45) is 1.06. The monoisotopic (exact) mass is 412 g/mol. The zero-order valence-corrected chi connectivity index (χ0v) is 16.3. The number of benzene rings is 1. The smallest absolute Gasteiger partial charge is 0.253 e. The maximum atomic E-state index is 13.9. The number of nitrogens with one attached hydrogen (secondary N) is 1. The van der Waals surface area contributed by atoms with Crippen molar-refractivity contribution in [3.8, 4) is 0 Å². The predicted octanol–water partition coefficient (Wildman–Crippen LogP) is 3.78. The van der Waals surface area contributed by atoms with Gasteiger partial charge in [0.05, 0.1) is 41.0 Å². The van der Waals surface area contributed by atoms with Crippen LogP contribution in [0, 0.1) is 5.92 Å². The Balaban J connectivity index is 1.58. The molecule has 2 aromatic rings. The van der Waals surface area contributed by atoms with Gasteiger partial charge in [0.15, 0.2) is 0 Å². The Bertz CT molecular complexity index is 912. The molecule has 2 N–H and O–H groups in total. The van der Waals surface area contributed by atoms with Gasteiger partial charge in [0.2, 0.25) is 0 Å². The van der Waals surface area contributed by atoms with Gasteiger partial charge in [-0.15, -0.1) is 0 Å². The van der Waals surface area contributed by atoms with Crippen molar-refractivity contribution in [2.45, 2.75) is 43.8 Å². The van der Waals surface area contributed by atoms with Crippen molar-refractivity contribution in [3.05, 3.63) is 35.0 Å². The number of ether oxygens (including phenoxy) is 1. The van der Waals surface area contributed by atoms with E-state index in [0.29, 0.717) is 29.2 Å². The number of amides is 1. The summed E-state index contributed by atoms with van der Waals surface area (Å²) in [5, 5.41) is 14.3. The predicted molar refractivity (Wildman–Crippen MR) is 102 cm³/mol. The van der Waals surface area contributed by atoms with E-state index >= 15 is 0 Å². The summed E-state index contributed by atoms with van der Waals surface area (Å²) < 4.78 is 35.0. The van der Waals surface area contributed by atoms with Gasteiger partial charge in [-0.25, -0.2) is 8.78 Å². The maximum absolute atomic E-state index is 13.9. The number of hydrogen-bond donors (Lipinski definition) is 2. The molecule has 1 aromatic carbocycles. The van der Waals surface area contributed by atoms with E-state index in [2.05, 4.69) is 5.32 Å². The van der Waals surface area contributed by atoms with Crippen molar-refractivity contribution in [2.75, 3.05) is 19.8 Å². The van der Waals surface area contributed by atoms with Gasteiger partial charge in [-0.3, -0.25) is 4.79 Å². The molecule has 0 radical (unpaired) electrons. The first kappa shape index (κ1) is 19.6. The molecule has 2 fully saturated rings. The fourth-order valence-corrected chi connectivity index (χ4v) is 4.73. The van der Waals surface area contributed by atoms with Crippen LogP contribution in [0.2, 0.25) is 5.02 Å². The molecule has 4 rings (SSSR count). The van der Waals surface area contributed by atoms with Crippen molar-refractivity contribution in [1.29, 1.82) is 0 Å². The lowest BCUT2D eigenvalue weighted by atomic mass is 9.76. The van der Waals surface area contributed by atoms with Crippen LogP contribution in [0.5, 0.6) is 0 Å². The molecular formula is C20H23ClF2N2O3. The van der Waals surface area contributed by atoms with Crippen LogP contribution in [0.15, 0.2) is 24.4 Å². The fourth-order valence-electron chi connectivity index (χ4n) is 4.46. The molecule has 1 saturated carbocycles. The third-order valence-corrected chi connectivity index (χ3v) is 5.92. The molecule has 0 spiro atoms. The van der Waals surface area contributed by atoms with E-state index in [0.717, 1.165) is 5.52 Å². The maximum Gasteiger partial charge on any atom is 0.253 e. The van der Waals surface area contributed by atoms with Gasteiger partial charge in [0.1, 0.15) is 0 Å². The van der Waals surface area contributed by atoms with Crippen molar-refractivity contribution in [3.63, 3.8) is 0 Å². The molecule has 28 heavy (non-hydrogen) atoms. The summed E-state index contributed by atoms with van der Waals surface area (Å²) in [5.41, 5.74) is -0.435. The van der Waals surface area contributed by atoms with Crippen LogP contribution < -0.4 is 5.32 Å². The van der Waals surface area contributed by atoms with Gasteiger partial charge < -0.3 is 19.7 Å². The van der Waals surface area contributed by atoms with E-state index < -0.39 is 23.9 Å². The quantitative estimate of drug-likeness (QED) is 0.803. The minimum Gasteiger partial charge on any atom is -0.388 e. The first-order valence-electron chi connectivity index (χ1n) is 9.43. The molecule has 8 heteroatoms. The average molecular weight is 413 g/mol. The number of carbonyl (C=O) groups is 1. The van der Waals surface area contributed by atoms with Crippen molar-refractivity contribution < 1.29 is 23.4 Å². The minimum absolute atomic E-state index is 0.129. The van der Waals surface area contributed by atoms with Gasteiger partial charge in [-0.2, -0.15) is 0 Å². The molecule has 2 atom stereocenters. The topological polar surface area (TPSA) is 63.5 Å². The molecule has 5 nitrogen and oxygen atoms in total. The normalized spacial score (nSPS) is 27.5. The third kappa shape index (κ3) is 3.63. The Morgan fingerprint density at radius 2 is 2.14 bits per heavy atom. The van der Waals surface area contributed by atoms with Crippen LogP contribution in [0.1, 0.15) is 42.6 Å². The molecular weight excluding hydrogens is 390 g/mol. The summed E-state index contributed by atoms with van der Waals surface area (Å²) in [5.74, 6) is -3.69. The van der Waals surface area contributed by atoms with Crippen molar-refractivity contribution in [2.24, 2.45) is 5.92 Å². The summed E-state index contributed by atoms with van der Waals surface area (Å²) in [7, 11) is 0. The van der Waals surface area contributed by atoms with Crippen LogP contribution in [0.3, 0.4) is 0 Å². The van der Waals surface area contributed by atoms with E-state index in [9.17, 15) is 18.7 Å². The first-order chi connectivity index (χ1) is 13.2. The van der Waals surface area contributed by atoms with Gasteiger partial charge in [-0.05, 0) is 24.5 Å². The first-order valence-corrected chi connectivity index (χ1v) is 9.80. The fraction of sp³-hybridized carbons (Fsp3) is 0.550. The summed E-state index contributed by atoms with van der Waals surface area (Å²) in [6.45, 7) is 2.58. The van der Waals surface area contributed by atoms with E-state index in [1.54, 1.807) is 19.2 Å². The van der Waals surface area contributed by atoms with Crippen LogP contribution in [0.4, 0.5) is 8.78 Å².